The number of anilines is 2. The molecule has 0 amide bonds. The summed E-state index contributed by atoms with van der Waals surface area (Å²) in [7, 11) is 0. The molecule has 0 radical (unpaired) electrons. The highest BCUT2D eigenvalue weighted by Gasteiger charge is 2.32. The lowest BCUT2D eigenvalue weighted by atomic mass is 10.2. The number of nitrogens with one attached hydrogen (secondary N) is 3. The molecule has 2 aromatic heterocycles. The summed E-state index contributed by atoms with van der Waals surface area (Å²) in [5, 5.41) is 13.4. The van der Waals surface area contributed by atoms with Crippen LogP contribution in [0, 0.1) is 0 Å². The molecule has 4 rings (SSSR count). The minimum Gasteiger partial charge on any atom is -0.494 e. The maximum Gasteiger partial charge on any atom is 0.425 e. The first-order chi connectivity index (χ1) is 15.0. The lowest BCUT2D eigenvalue weighted by Gasteiger charge is -2.23. The Morgan fingerprint density at radius 2 is 2.03 bits per heavy atom. The molecule has 0 saturated carbocycles. The van der Waals surface area contributed by atoms with Crippen molar-refractivity contribution < 1.29 is 22.6 Å². The minimum absolute atomic E-state index is 0.262. The Kier molecular flexibility index (Phi) is 6.79. The van der Waals surface area contributed by atoms with Crippen LogP contribution < -0.4 is 15.4 Å². The number of morpholine rings is 1. The lowest BCUT2D eigenvalue weighted by Crippen LogP contribution is -2.38. The van der Waals surface area contributed by atoms with Crippen molar-refractivity contribution in [1.82, 2.24) is 15.5 Å². The Morgan fingerprint density at radius 1 is 1.19 bits per heavy atom. The van der Waals surface area contributed by atoms with Crippen molar-refractivity contribution in [3.05, 3.63) is 47.3 Å². The molecule has 1 atom stereocenters. The number of alkyl halides is 3. The summed E-state index contributed by atoms with van der Waals surface area (Å²) >= 11 is 0.670. The smallest absolute Gasteiger partial charge is 0.425 e. The molecule has 1 aliphatic heterocycles. The number of hydrogen-bond donors (Lipinski definition) is 3. The summed E-state index contributed by atoms with van der Waals surface area (Å²) in [5.74, 6) is 1.36. The predicted octanol–water partition coefficient (Wildman–Crippen LogP) is 5.05. The molecule has 1 fully saturated rings. The molecule has 1 aliphatic rings. The van der Waals surface area contributed by atoms with Gasteiger partial charge in [0.1, 0.15) is 22.1 Å². The minimum atomic E-state index is -4.34. The van der Waals surface area contributed by atoms with E-state index in [0.29, 0.717) is 34.3 Å². The fourth-order valence-corrected chi connectivity index (χ4v) is 4.07. The topological polar surface area (TPSA) is 71.2 Å². The number of hydrogen-bond acceptors (Lipinski definition) is 6. The molecule has 3 heterocycles. The maximum absolute atomic E-state index is 12.8. The van der Waals surface area contributed by atoms with Gasteiger partial charge in [-0.1, -0.05) is 0 Å². The molecule has 1 aromatic carbocycles. The van der Waals surface area contributed by atoms with Crippen molar-refractivity contribution in [2.24, 2.45) is 0 Å². The molecule has 0 aliphatic carbocycles. The van der Waals surface area contributed by atoms with Crippen LogP contribution in [0.5, 0.6) is 5.75 Å². The van der Waals surface area contributed by atoms with E-state index in [0.717, 1.165) is 50.0 Å². The van der Waals surface area contributed by atoms with E-state index in [1.165, 1.54) is 6.07 Å². The van der Waals surface area contributed by atoms with Crippen LogP contribution in [0.1, 0.15) is 17.7 Å². The molecular weight excluding hydrogens is 429 g/mol. The van der Waals surface area contributed by atoms with Crippen LogP contribution in [0.25, 0.3) is 10.6 Å². The molecule has 6 nitrogen and oxygen atoms in total. The predicted molar refractivity (Wildman–Crippen MR) is 114 cm³/mol. The molecule has 3 aromatic rings. The van der Waals surface area contributed by atoms with Crippen LogP contribution in [-0.4, -0.2) is 42.6 Å². The SMILES string of the molecule is FC(F)(F)c1ccc(-c2cc(Nc3ccc(OCCCC4CNCCO4)cc3)[nH]n2)s1. The van der Waals surface area contributed by atoms with Crippen LogP contribution in [0.4, 0.5) is 24.7 Å². The number of nitrogens with zero attached hydrogens (tertiary/aromatic N) is 1. The van der Waals surface area contributed by atoms with Crippen LogP contribution in [0.3, 0.4) is 0 Å². The van der Waals surface area contributed by atoms with E-state index in [4.69, 9.17) is 9.47 Å². The van der Waals surface area contributed by atoms with Crippen molar-refractivity contribution in [2.45, 2.75) is 25.1 Å². The molecule has 0 spiro atoms. The Bertz CT molecular complexity index is 966. The molecule has 31 heavy (non-hydrogen) atoms. The van der Waals surface area contributed by atoms with Gasteiger partial charge in [0.15, 0.2) is 0 Å². The molecule has 1 unspecified atom stereocenters. The number of rotatable bonds is 8. The summed E-state index contributed by atoms with van der Waals surface area (Å²) < 4.78 is 49.8. The van der Waals surface area contributed by atoms with Crippen LogP contribution in [0.2, 0.25) is 0 Å². The second kappa shape index (κ2) is 9.71. The Labute approximate surface area is 181 Å². The van der Waals surface area contributed by atoms with Gasteiger partial charge in [0, 0.05) is 24.8 Å². The highest BCUT2D eigenvalue weighted by Crippen LogP contribution is 2.38. The van der Waals surface area contributed by atoms with Gasteiger partial charge in [0.25, 0.3) is 0 Å². The molecular formula is C21H23F3N4O2S. The average molecular weight is 453 g/mol. The number of H-pyrrole nitrogens is 1. The number of aromatic amines is 1. The quantitative estimate of drug-likeness (QED) is 0.418. The number of ether oxygens (including phenoxy) is 2. The van der Waals surface area contributed by atoms with E-state index in [-0.39, 0.29) is 6.10 Å². The fraction of sp³-hybridized carbons (Fsp3) is 0.381. The average Bonchev–Trinajstić information content (AvgIpc) is 3.43. The first kappa shape index (κ1) is 21.7. The van der Waals surface area contributed by atoms with E-state index in [1.807, 2.05) is 24.3 Å². The van der Waals surface area contributed by atoms with Gasteiger partial charge in [0.05, 0.1) is 24.2 Å². The van der Waals surface area contributed by atoms with Crippen LogP contribution in [-0.2, 0) is 10.9 Å². The lowest BCUT2D eigenvalue weighted by molar-refractivity contribution is -0.134. The maximum atomic E-state index is 12.8. The van der Waals surface area contributed by atoms with Crippen molar-refractivity contribution in [2.75, 3.05) is 31.6 Å². The fourth-order valence-electron chi connectivity index (χ4n) is 3.24. The molecule has 10 heteroatoms. The number of halogens is 3. The van der Waals surface area contributed by atoms with E-state index in [1.54, 1.807) is 6.07 Å². The zero-order valence-corrected chi connectivity index (χ0v) is 17.5. The van der Waals surface area contributed by atoms with E-state index >= 15 is 0 Å². The first-order valence-electron chi connectivity index (χ1n) is 10.0. The Morgan fingerprint density at radius 3 is 2.74 bits per heavy atom. The summed E-state index contributed by atoms with van der Waals surface area (Å²) in [4.78, 5) is -0.187. The second-order valence-corrected chi connectivity index (χ2v) is 8.25. The van der Waals surface area contributed by atoms with Gasteiger partial charge in [0.2, 0.25) is 0 Å². The molecule has 166 valence electrons. The molecule has 1 saturated heterocycles. The second-order valence-electron chi connectivity index (χ2n) is 7.17. The van der Waals surface area contributed by atoms with Gasteiger partial charge in [-0.15, -0.1) is 11.3 Å². The normalized spacial score (nSPS) is 16.9. The number of benzene rings is 1. The largest absolute Gasteiger partial charge is 0.494 e. The van der Waals surface area contributed by atoms with E-state index in [9.17, 15) is 13.2 Å². The Hall–Kier alpha value is -2.56. The highest BCUT2D eigenvalue weighted by molar-refractivity contribution is 7.15. The van der Waals surface area contributed by atoms with Crippen molar-refractivity contribution in [3.63, 3.8) is 0 Å². The zero-order valence-electron chi connectivity index (χ0n) is 16.7. The highest BCUT2D eigenvalue weighted by atomic mass is 32.1. The Balaban J connectivity index is 1.26. The third kappa shape index (κ3) is 5.99. The summed E-state index contributed by atoms with van der Waals surface area (Å²) in [6, 6.07) is 11.7. The number of aromatic nitrogens is 2. The van der Waals surface area contributed by atoms with Gasteiger partial charge in [-0.05, 0) is 49.2 Å². The van der Waals surface area contributed by atoms with E-state index in [2.05, 4.69) is 20.8 Å². The molecule has 0 bridgehead atoms. The third-order valence-corrected chi connectivity index (χ3v) is 5.95. The van der Waals surface area contributed by atoms with Crippen LogP contribution in [0.15, 0.2) is 42.5 Å². The number of thiophene rings is 1. The summed E-state index contributed by atoms with van der Waals surface area (Å²) in [6.45, 7) is 3.20. The van der Waals surface area contributed by atoms with Crippen LogP contribution >= 0.6 is 11.3 Å². The summed E-state index contributed by atoms with van der Waals surface area (Å²) in [5.41, 5.74) is 1.27. The standard InChI is InChI=1S/C21H23F3N4O2S/c22-21(23,24)19-8-7-18(31-19)17-12-20(28-27-17)26-14-3-5-15(6-4-14)29-10-1-2-16-13-25-9-11-30-16/h3-8,12,16,25H,1-2,9-11,13H2,(H2,26,27,28). The zero-order chi connectivity index (χ0) is 21.7. The van der Waals surface area contributed by atoms with Gasteiger partial charge in [-0.3, -0.25) is 5.10 Å². The van der Waals surface area contributed by atoms with Gasteiger partial charge >= 0.3 is 6.18 Å². The monoisotopic (exact) mass is 452 g/mol. The van der Waals surface area contributed by atoms with Crippen molar-refractivity contribution in [1.29, 1.82) is 0 Å². The van der Waals surface area contributed by atoms with E-state index < -0.39 is 11.1 Å². The summed E-state index contributed by atoms with van der Waals surface area (Å²) in [6.07, 6.45) is -2.20. The van der Waals surface area contributed by atoms with Gasteiger partial charge in [-0.2, -0.15) is 18.3 Å². The first-order valence-corrected chi connectivity index (χ1v) is 10.8. The van der Waals surface area contributed by atoms with Gasteiger partial charge < -0.3 is 20.1 Å². The van der Waals surface area contributed by atoms with Crippen molar-refractivity contribution >= 4 is 22.8 Å². The van der Waals surface area contributed by atoms with Crippen molar-refractivity contribution in [3.8, 4) is 16.3 Å². The molecule has 3 N–H and O–H groups in total. The third-order valence-electron chi connectivity index (χ3n) is 4.79. The van der Waals surface area contributed by atoms with Gasteiger partial charge in [-0.25, -0.2) is 0 Å².